The highest BCUT2D eigenvalue weighted by Crippen LogP contribution is 2.18. The van der Waals surface area contributed by atoms with Crippen molar-refractivity contribution in [3.63, 3.8) is 0 Å². The van der Waals surface area contributed by atoms with Crippen LogP contribution in [0.3, 0.4) is 0 Å². The standard InChI is InChI=1S/C17H18ClNO2/c1-19(11-13-7-9-15(18)10-8-13)12-16(17(20)21)14-5-3-2-4-6-14/h2-10,16H,11-12H2,1H3,(H,20,21). The van der Waals surface area contributed by atoms with E-state index in [1.165, 1.54) is 0 Å². The maximum absolute atomic E-state index is 11.5. The first kappa shape index (κ1) is 15.5. The van der Waals surface area contributed by atoms with Crippen molar-refractivity contribution in [2.45, 2.75) is 12.5 Å². The van der Waals surface area contributed by atoms with Crippen LogP contribution in [0.15, 0.2) is 54.6 Å². The van der Waals surface area contributed by atoms with Crippen molar-refractivity contribution in [3.8, 4) is 0 Å². The number of hydrogen-bond donors (Lipinski definition) is 1. The summed E-state index contributed by atoms with van der Waals surface area (Å²) in [5.41, 5.74) is 1.94. The zero-order valence-electron chi connectivity index (χ0n) is 11.9. The average Bonchev–Trinajstić information content (AvgIpc) is 2.48. The molecule has 110 valence electrons. The number of likely N-dealkylation sites (N-methyl/N-ethyl adjacent to an activating group) is 1. The van der Waals surface area contributed by atoms with E-state index >= 15 is 0 Å². The molecule has 4 heteroatoms. The van der Waals surface area contributed by atoms with Crippen molar-refractivity contribution >= 4 is 17.6 Å². The Labute approximate surface area is 129 Å². The van der Waals surface area contributed by atoms with Gasteiger partial charge < -0.3 is 10.0 Å². The molecule has 0 heterocycles. The van der Waals surface area contributed by atoms with Gasteiger partial charge in [-0.2, -0.15) is 0 Å². The first-order valence-corrected chi connectivity index (χ1v) is 7.15. The molecule has 0 amide bonds. The zero-order chi connectivity index (χ0) is 15.2. The van der Waals surface area contributed by atoms with Gasteiger partial charge in [0.25, 0.3) is 0 Å². The number of aliphatic carboxylic acids is 1. The summed E-state index contributed by atoms with van der Waals surface area (Å²) in [6, 6.07) is 16.9. The molecule has 21 heavy (non-hydrogen) atoms. The molecule has 0 bridgehead atoms. The molecule has 2 rings (SSSR count). The second-order valence-electron chi connectivity index (χ2n) is 5.12. The van der Waals surface area contributed by atoms with Crippen LogP contribution in [-0.4, -0.2) is 29.6 Å². The summed E-state index contributed by atoms with van der Waals surface area (Å²) in [5, 5.41) is 10.1. The van der Waals surface area contributed by atoms with Gasteiger partial charge in [-0.25, -0.2) is 0 Å². The topological polar surface area (TPSA) is 40.5 Å². The predicted octanol–water partition coefficient (Wildman–Crippen LogP) is 3.64. The number of hydrogen-bond acceptors (Lipinski definition) is 2. The molecule has 3 nitrogen and oxygen atoms in total. The van der Waals surface area contributed by atoms with Crippen LogP contribution in [0.1, 0.15) is 17.0 Å². The van der Waals surface area contributed by atoms with Gasteiger partial charge in [-0.3, -0.25) is 4.79 Å². The van der Waals surface area contributed by atoms with E-state index in [4.69, 9.17) is 11.6 Å². The van der Waals surface area contributed by atoms with Gasteiger partial charge in [-0.1, -0.05) is 54.1 Å². The van der Waals surface area contributed by atoms with Crippen molar-refractivity contribution in [2.24, 2.45) is 0 Å². The van der Waals surface area contributed by atoms with Gasteiger partial charge in [-0.05, 0) is 30.3 Å². The average molecular weight is 304 g/mol. The fourth-order valence-electron chi connectivity index (χ4n) is 2.29. The van der Waals surface area contributed by atoms with E-state index in [0.717, 1.165) is 11.1 Å². The Morgan fingerprint density at radius 2 is 1.76 bits per heavy atom. The number of rotatable bonds is 6. The van der Waals surface area contributed by atoms with Crippen molar-refractivity contribution in [1.29, 1.82) is 0 Å². The van der Waals surface area contributed by atoms with E-state index < -0.39 is 11.9 Å². The molecule has 0 saturated carbocycles. The van der Waals surface area contributed by atoms with E-state index in [1.807, 2.05) is 66.5 Å². The fourth-order valence-corrected chi connectivity index (χ4v) is 2.42. The molecular weight excluding hydrogens is 286 g/mol. The summed E-state index contributed by atoms with van der Waals surface area (Å²) in [6.45, 7) is 1.15. The molecule has 0 aliphatic rings. The molecule has 0 saturated heterocycles. The van der Waals surface area contributed by atoms with Crippen LogP contribution in [0, 0.1) is 0 Å². The number of benzene rings is 2. The summed E-state index contributed by atoms with van der Waals surface area (Å²) in [6.07, 6.45) is 0. The molecule has 1 unspecified atom stereocenters. The first-order chi connectivity index (χ1) is 10.1. The summed E-state index contributed by atoms with van der Waals surface area (Å²) >= 11 is 5.86. The molecule has 1 N–H and O–H groups in total. The lowest BCUT2D eigenvalue weighted by Crippen LogP contribution is -2.28. The van der Waals surface area contributed by atoms with Crippen LogP contribution in [0.4, 0.5) is 0 Å². The van der Waals surface area contributed by atoms with Gasteiger partial charge in [0.2, 0.25) is 0 Å². The smallest absolute Gasteiger partial charge is 0.312 e. The molecule has 2 aromatic rings. The highest BCUT2D eigenvalue weighted by molar-refractivity contribution is 6.30. The Kier molecular flexibility index (Phi) is 5.37. The molecule has 1 atom stereocenters. The van der Waals surface area contributed by atoms with Crippen molar-refractivity contribution < 1.29 is 9.90 Å². The summed E-state index contributed by atoms with van der Waals surface area (Å²) in [5.74, 6) is -1.33. The maximum Gasteiger partial charge on any atom is 0.312 e. The minimum Gasteiger partial charge on any atom is -0.481 e. The third-order valence-electron chi connectivity index (χ3n) is 3.36. The zero-order valence-corrected chi connectivity index (χ0v) is 12.6. The Morgan fingerprint density at radius 1 is 1.14 bits per heavy atom. The Morgan fingerprint density at radius 3 is 2.33 bits per heavy atom. The summed E-state index contributed by atoms with van der Waals surface area (Å²) < 4.78 is 0. The minimum absolute atomic E-state index is 0.460. The van der Waals surface area contributed by atoms with Gasteiger partial charge in [0.05, 0.1) is 5.92 Å². The van der Waals surface area contributed by atoms with Crippen LogP contribution in [-0.2, 0) is 11.3 Å². The van der Waals surface area contributed by atoms with E-state index in [9.17, 15) is 9.90 Å². The Balaban J connectivity index is 2.03. The Bertz CT molecular complexity index is 583. The second-order valence-corrected chi connectivity index (χ2v) is 5.56. The van der Waals surface area contributed by atoms with E-state index in [2.05, 4.69) is 0 Å². The van der Waals surface area contributed by atoms with Gasteiger partial charge >= 0.3 is 5.97 Å². The number of carboxylic acids is 1. The van der Waals surface area contributed by atoms with Crippen LogP contribution < -0.4 is 0 Å². The molecule has 2 aromatic carbocycles. The Hall–Kier alpha value is -1.84. The monoisotopic (exact) mass is 303 g/mol. The highest BCUT2D eigenvalue weighted by Gasteiger charge is 2.21. The predicted molar refractivity (Wildman–Crippen MR) is 84.6 cm³/mol. The molecule has 0 radical (unpaired) electrons. The van der Waals surface area contributed by atoms with Crippen molar-refractivity contribution in [2.75, 3.05) is 13.6 Å². The molecule has 0 fully saturated rings. The number of nitrogens with zero attached hydrogens (tertiary/aromatic N) is 1. The van der Waals surface area contributed by atoms with Gasteiger partial charge in [0.15, 0.2) is 0 Å². The highest BCUT2D eigenvalue weighted by atomic mass is 35.5. The van der Waals surface area contributed by atoms with Crippen molar-refractivity contribution in [1.82, 2.24) is 4.90 Å². The summed E-state index contributed by atoms with van der Waals surface area (Å²) in [7, 11) is 1.92. The van der Waals surface area contributed by atoms with E-state index in [1.54, 1.807) is 0 Å². The molecule has 0 aliphatic heterocycles. The molecular formula is C17H18ClNO2. The number of carbonyl (C=O) groups is 1. The van der Waals surface area contributed by atoms with Crippen LogP contribution in [0.5, 0.6) is 0 Å². The number of halogens is 1. The molecule has 0 aliphatic carbocycles. The lowest BCUT2D eigenvalue weighted by Gasteiger charge is -2.21. The fraction of sp³-hybridized carbons (Fsp3) is 0.235. The summed E-state index contributed by atoms with van der Waals surface area (Å²) in [4.78, 5) is 13.5. The molecule has 0 aromatic heterocycles. The largest absolute Gasteiger partial charge is 0.481 e. The van der Waals surface area contributed by atoms with Gasteiger partial charge in [-0.15, -0.1) is 0 Å². The van der Waals surface area contributed by atoms with Crippen LogP contribution in [0.2, 0.25) is 5.02 Å². The maximum atomic E-state index is 11.5. The second kappa shape index (κ2) is 7.25. The molecule has 0 spiro atoms. The van der Waals surface area contributed by atoms with E-state index in [-0.39, 0.29) is 0 Å². The SMILES string of the molecule is CN(Cc1ccc(Cl)cc1)CC(C(=O)O)c1ccccc1. The lowest BCUT2D eigenvalue weighted by molar-refractivity contribution is -0.139. The van der Waals surface area contributed by atoms with Crippen LogP contribution in [0.25, 0.3) is 0 Å². The first-order valence-electron chi connectivity index (χ1n) is 6.77. The lowest BCUT2D eigenvalue weighted by atomic mass is 9.98. The number of carboxylic acid groups (broad SMARTS) is 1. The van der Waals surface area contributed by atoms with Gasteiger partial charge in [0.1, 0.15) is 0 Å². The van der Waals surface area contributed by atoms with Gasteiger partial charge in [0, 0.05) is 18.1 Å². The van der Waals surface area contributed by atoms with Crippen molar-refractivity contribution in [3.05, 3.63) is 70.7 Å². The van der Waals surface area contributed by atoms with Crippen LogP contribution >= 0.6 is 11.6 Å². The minimum atomic E-state index is -0.802. The third-order valence-corrected chi connectivity index (χ3v) is 3.61. The normalized spacial score (nSPS) is 12.3. The third kappa shape index (κ3) is 4.59. The quantitative estimate of drug-likeness (QED) is 0.885. The van der Waals surface area contributed by atoms with E-state index in [0.29, 0.717) is 18.1 Å².